The lowest BCUT2D eigenvalue weighted by Crippen LogP contribution is -2.27. The molecule has 0 saturated heterocycles. The van der Waals surface area contributed by atoms with Crippen molar-refractivity contribution >= 4 is 5.91 Å². The van der Waals surface area contributed by atoms with Crippen LogP contribution < -0.4 is 10.1 Å². The first kappa shape index (κ1) is 14.6. The van der Waals surface area contributed by atoms with Crippen molar-refractivity contribution in [3.8, 4) is 5.75 Å². The fourth-order valence-corrected chi connectivity index (χ4v) is 3.06. The Balaban J connectivity index is 1.74. The van der Waals surface area contributed by atoms with Gasteiger partial charge < -0.3 is 10.1 Å². The number of carbonyl (C=O) groups excluding carboxylic acids is 1. The second kappa shape index (κ2) is 6.22. The number of amides is 1. The Hall–Kier alpha value is -2.29. The molecule has 0 fully saturated rings. The second-order valence-electron chi connectivity index (χ2n) is 5.68. The molecule has 3 nitrogen and oxygen atoms in total. The minimum Gasteiger partial charge on any atom is -0.494 e. The molecule has 1 amide bonds. The van der Waals surface area contributed by atoms with Crippen LogP contribution in [0.3, 0.4) is 0 Å². The number of hydrogen-bond donors (Lipinski definition) is 1. The molecule has 22 heavy (non-hydrogen) atoms. The van der Waals surface area contributed by atoms with Crippen molar-refractivity contribution in [1.82, 2.24) is 5.32 Å². The van der Waals surface area contributed by atoms with Crippen molar-refractivity contribution < 1.29 is 9.53 Å². The maximum absolute atomic E-state index is 12.5. The van der Waals surface area contributed by atoms with Crippen LogP contribution in [0.5, 0.6) is 5.75 Å². The van der Waals surface area contributed by atoms with Crippen LogP contribution >= 0.6 is 0 Å². The Bertz CT molecular complexity index is 694. The minimum atomic E-state index is -0.0205. The molecule has 2 aromatic carbocycles. The Kier molecular flexibility index (Phi) is 4.14. The summed E-state index contributed by atoms with van der Waals surface area (Å²) in [5.74, 6) is 0.818. The number of hydrogen-bond acceptors (Lipinski definition) is 2. The van der Waals surface area contributed by atoms with E-state index in [0.717, 1.165) is 24.2 Å². The largest absolute Gasteiger partial charge is 0.494 e. The maximum Gasteiger partial charge on any atom is 0.251 e. The van der Waals surface area contributed by atoms with Gasteiger partial charge in [0.2, 0.25) is 0 Å². The van der Waals surface area contributed by atoms with Gasteiger partial charge in [-0.3, -0.25) is 4.79 Å². The zero-order valence-corrected chi connectivity index (χ0v) is 13.1. The molecule has 0 bridgehead atoms. The van der Waals surface area contributed by atoms with Crippen molar-refractivity contribution in [3.05, 3.63) is 64.7 Å². The number of nitrogens with one attached hydrogen (secondary N) is 1. The highest BCUT2D eigenvalue weighted by Crippen LogP contribution is 2.31. The average molecular weight is 295 g/mol. The molecule has 0 spiro atoms. The first-order chi connectivity index (χ1) is 10.7. The number of fused-ring (bicyclic) bond motifs is 1. The zero-order valence-electron chi connectivity index (χ0n) is 13.1. The van der Waals surface area contributed by atoms with E-state index in [9.17, 15) is 4.79 Å². The van der Waals surface area contributed by atoms with Crippen LogP contribution in [0.4, 0.5) is 0 Å². The van der Waals surface area contributed by atoms with Crippen molar-refractivity contribution in [1.29, 1.82) is 0 Å². The monoisotopic (exact) mass is 295 g/mol. The van der Waals surface area contributed by atoms with Crippen LogP contribution in [0.15, 0.2) is 42.5 Å². The van der Waals surface area contributed by atoms with Gasteiger partial charge in [0.1, 0.15) is 5.75 Å². The third-order valence-corrected chi connectivity index (χ3v) is 4.18. The van der Waals surface area contributed by atoms with Gasteiger partial charge in [-0.2, -0.15) is 0 Å². The quantitative estimate of drug-likeness (QED) is 0.931. The highest BCUT2D eigenvalue weighted by atomic mass is 16.5. The summed E-state index contributed by atoms with van der Waals surface area (Å²) in [6, 6.07) is 14.0. The standard InChI is InChI=1S/C19H21NO2/c1-3-22-18-11-9-15(12-13(18)2)19(21)20-17-10-8-14-6-4-5-7-16(14)17/h4-7,9,11-12,17H,3,8,10H2,1-2H3,(H,20,21). The van der Waals surface area contributed by atoms with Gasteiger partial charge in [-0.05, 0) is 61.6 Å². The molecule has 3 rings (SSSR count). The highest BCUT2D eigenvalue weighted by Gasteiger charge is 2.23. The average Bonchev–Trinajstić information content (AvgIpc) is 2.93. The van der Waals surface area contributed by atoms with Crippen LogP contribution in [0.2, 0.25) is 0 Å². The molecule has 1 aliphatic carbocycles. The van der Waals surface area contributed by atoms with Gasteiger partial charge >= 0.3 is 0 Å². The van der Waals surface area contributed by atoms with Crippen LogP contribution in [-0.2, 0) is 6.42 Å². The molecule has 0 aliphatic heterocycles. The van der Waals surface area contributed by atoms with E-state index in [2.05, 4.69) is 23.5 Å². The van der Waals surface area contributed by atoms with E-state index in [4.69, 9.17) is 4.74 Å². The van der Waals surface area contributed by atoms with Gasteiger partial charge in [-0.1, -0.05) is 24.3 Å². The summed E-state index contributed by atoms with van der Waals surface area (Å²) in [6.07, 6.45) is 2.00. The predicted molar refractivity (Wildman–Crippen MR) is 87.3 cm³/mol. The van der Waals surface area contributed by atoms with Crippen molar-refractivity contribution in [2.45, 2.75) is 32.7 Å². The second-order valence-corrected chi connectivity index (χ2v) is 5.68. The van der Waals surface area contributed by atoms with Crippen LogP contribution in [-0.4, -0.2) is 12.5 Å². The molecule has 1 N–H and O–H groups in total. The van der Waals surface area contributed by atoms with E-state index in [1.54, 1.807) is 0 Å². The number of rotatable bonds is 4. The molecule has 114 valence electrons. The van der Waals surface area contributed by atoms with Gasteiger partial charge in [0.15, 0.2) is 0 Å². The van der Waals surface area contributed by atoms with Gasteiger partial charge in [0.05, 0.1) is 12.6 Å². The molecular formula is C19H21NO2. The SMILES string of the molecule is CCOc1ccc(C(=O)NC2CCc3ccccc32)cc1C. The Morgan fingerprint density at radius 1 is 1.27 bits per heavy atom. The van der Waals surface area contributed by atoms with Crippen LogP contribution in [0.1, 0.15) is 46.4 Å². The smallest absolute Gasteiger partial charge is 0.251 e. The number of aryl methyl sites for hydroxylation is 2. The van der Waals surface area contributed by atoms with E-state index in [1.807, 2.05) is 38.1 Å². The minimum absolute atomic E-state index is 0.0205. The molecule has 2 aromatic rings. The third kappa shape index (κ3) is 2.84. The predicted octanol–water partition coefficient (Wildman–Crippen LogP) is 3.81. The fourth-order valence-electron chi connectivity index (χ4n) is 3.06. The van der Waals surface area contributed by atoms with E-state index in [0.29, 0.717) is 12.2 Å². The van der Waals surface area contributed by atoms with Gasteiger partial charge in [0.25, 0.3) is 5.91 Å². The van der Waals surface area contributed by atoms with Crippen molar-refractivity contribution in [2.24, 2.45) is 0 Å². The zero-order chi connectivity index (χ0) is 15.5. The number of benzene rings is 2. The number of ether oxygens (including phenoxy) is 1. The summed E-state index contributed by atoms with van der Waals surface area (Å²) in [4.78, 5) is 12.5. The topological polar surface area (TPSA) is 38.3 Å². The van der Waals surface area contributed by atoms with Gasteiger partial charge in [-0.15, -0.1) is 0 Å². The number of carbonyl (C=O) groups is 1. The van der Waals surface area contributed by atoms with Crippen molar-refractivity contribution in [3.63, 3.8) is 0 Å². The van der Waals surface area contributed by atoms with E-state index in [1.165, 1.54) is 11.1 Å². The first-order valence-corrected chi connectivity index (χ1v) is 7.81. The summed E-state index contributed by atoms with van der Waals surface area (Å²) in [7, 11) is 0. The third-order valence-electron chi connectivity index (χ3n) is 4.18. The van der Waals surface area contributed by atoms with Crippen LogP contribution in [0.25, 0.3) is 0 Å². The van der Waals surface area contributed by atoms with Crippen molar-refractivity contribution in [2.75, 3.05) is 6.61 Å². The summed E-state index contributed by atoms with van der Waals surface area (Å²) >= 11 is 0. The Morgan fingerprint density at radius 2 is 2.09 bits per heavy atom. The lowest BCUT2D eigenvalue weighted by Gasteiger charge is -2.15. The van der Waals surface area contributed by atoms with Gasteiger partial charge in [-0.25, -0.2) is 0 Å². The Labute approximate surface area is 131 Å². The molecule has 3 heteroatoms. The van der Waals surface area contributed by atoms with E-state index in [-0.39, 0.29) is 11.9 Å². The highest BCUT2D eigenvalue weighted by molar-refractivity contribution is 5.95. The molecule has 0 radical (unpaired) electrons. The van der Waals surface area contributed by atoms with Gasteiger partial charge in [0, 0.05) is 5.56 Å². The van der Waals surface area contributed by atoms with Crippen LogP contribution in [0, 0.1) is 6.92 Å². The molecular weight excluding hydrogens is 274 g/mol. The summed E-state index contributed by atoms with van der Waals surface area (Å²) in [5.41, 5.74) is 4.26. The fraction of sp³-hybridized carbons (Fsp3) is 0.316. The molecule has 0 saturated carbocycles. The molecule has 1 aliphatic rings. The Morgan fingerprint density at radius 3 is 2.86 bits per heavy atom. The lowest BCUT2D eigenvalue weighted by molar-refractivity contribution is 0.0936. The summed E-state index contributed by atoms with van der Waals surface area (Å²) in [5, 5.41) is 3.15. The van der Waals surface area contributed by atoms with E-state index < -0.39 is 0 Å². The molecule has 0 aromatic heterocycles. The normalized spacial score (nSPS) is 16.2. The first-order valence-electron chi connectivity index (χ1n) is 7.81. The summed E-state index contributed by atoms with van der Waals surface area (Å²) < 4.78 is 5.52. The van der Waals surface area contributed by atoms with E-state index >= 15 is 0 Å². The lowest BCUT2D eigenvalue weighted by atomic mass is 10.1. The maximum atomic E-state index is 12.5. The molecule has 1 atom stereocenters. The molecule has 0 heterocycles. The molecule has 1 unspecified atom stereocenters. The summed E-state index contributed by atoms with van der Waals surface area (Å²) in [6.45, 7) is 4.55.